The molecular weight excluding hydrogens is 292 g/mol. The van der Waals surface area contributed by atoms with Gasteiger partial charge in [0, 0.05) is 12.7 Å². The van der Waals surface area contributed by atoms with Crippen LogP contribution in [0.2, 0.25) is 5.15 Å². The highest BCUT2D eigenvalue weighted by Gasteiger charge is 2.25. The van der Waals surface area contributed by atoms with Crippen LogP contribution in [0.15, 0.2) is 6.33 Å². The van der Waals surface area contributed by atoms with Gasteiger partial charge in [-0.2, -0.15) is 5.10 Å². The molecule has 0 aliphatic carbocycles. The monoisotopic (exact) mass is 302 g/mol. The van der Waals surface area contributed by atoms with Gasteiger partial charge in [-0.15, -0.1) is 0 Å². The van der Waals surface area contributed by atoms with Crippen LogP contribution in [0.3, 0.4) is 0 Å². The number of nitrogens with zero attached hydrogens (tertiary/aromatic N) is 3. The number of thioether (sulfide) groups is 1. The summed E-state index contributed by atoms with van der Waals surface area (Å²) in [6, 6.07) is 0. The van der Waals surface area contributed by atoms with E-state index in [-0.39, 0.29) is 21.7 Å². The molecule has 2 aromatic heterocycles. The third-order valence-electron chi connectivity index (χ3n) is 2.45. The van der Waals surface area contributed by atoms with Crippen LogP contribution in [0, 0.1) is 0 Å². The number of fused-ring (bicyclic) bond motifs is 1. The van der Waals surface area contributed by atoms with Gasteiger partial charge in [0.1, 0.15) is 17.6 Å². The number of carbonyl (C=O) groups is 1. The van der Waals surface area contributed by atoms with Crippen LogP contribution in [0.1, 0.15) is 18.7 Å². The summed E-state index contributed by atoms with van der Waals surface area (Å²) in [5.41, 5.74) is 0.540. The van der Waals surface area contributed by atoms with E-state index in [2.05, 4.69) is 20.2 Å². The molecule has 9 heteroatoms. The number of aliphatic hydroxyl groups is 2. The number of aromatic amines is 1. The van der Waals surface area contributed by atoms with Gasteiger partial charge in [-0.05, 0) is 0 Å². The molecule has 0 aliphatic heterocycles. The lowest BCUT2D eigenvalue weighted by Gasteiger charge is -2.15. The number of nitrogens with one attached hydrogen (secondary N) is 1. The second-order valence-corrected chi connectivity index (χ2v) is 5.37. The Labute approximate surface area is 117 Å². The molecule has 0 aromatic carbocycles. The van der Waals surface area contributed by atoms with Crippen molar-refractivity contribution in [3.05, 3.63) is 17.2 Å². The third-order valence-corrected chi connectivity index (χ3v) is 3.65. The molecule has 0 amide bonds. The molecule has 19 heavy (non-hydrogen) atoms. The van der Waals surface area contributed by atoms with E-state index in [9.17, 15) is 15.0 Å². The van der Waals surface area contributed by atoms with Gasteiger partial charge < -0.3 is 10.2 Å². The molecule has 0 radical (unpaired) electrons. The number of H-pyrrole nitrogens is 1. The number of carbonyl (C=O) groups excluding carboxylic acids is 1. The fraction of sp³-hybridized carbons (Fsp3) is 0.400. The predicted molar refractivity (Wildman–Crippen MR) is 70.8 cm³/mol. The van der Waals surface area contributed by atoms with Crippen LogP contribution >= 0.6 is 23.4 Å². The van der Waals surface area contributed by atoms with Crippen LogP contribution in [-0.2, 0) is 4.79 Å². The molecule has 2 atom stereocenters. The molecule has 3 N–H and O–H groups in total. The minimum Gasteiger partial charge on any atom is -0.389 e. The van der Waals surface area contributed by atoms with Gasteiger partial charge in [0.2, 0.25) is 0 Å². The highest BCUT2D eigenvalue weighted by Crippen LogP contribution is 2.28. The van der Waals surface area contributed by atoms with Gasteiger partial charge >= 0.3 is 0 Å². The zero-order valence-corrected chi connectivity index (χ0v) is 11.4. The van der Waals surface area contributed by atoms with Gasteiger partial charge in [-0.1, -0.05) is 23.4 Å². The fourth-order valence-corrected chi connectivity index (χ4v) is 2.36. The first kappa shape index (κ1) is 14.2. The van der Waals surface area contributed by atoms with Crippen LogP contribution in [0.4, 0.5) is 0 Å². The summed E-state index contributed by atoms with van der Waals surface area (Å²) in [6.07, 6.45) is -1.13. The first-order chi connectivity index (χ1) is 9.00. The summed E-state index contributed by atoms with van der Waals surface area (Å²) >= 11 is 6.84. The van der Waals surface area contributed by atoms with E-state index in [4.69, 9.17) is 11.6 Å². The van der Waals surface area contributed by atoms with Gasteiger partial charge in [0.05, 0.1) is 17.2 Å². The topological polar surface area (TPSA) is 112 Å². The molecule has 2 aromatic rings. The molecule has 0 fully saturated rings. The minimum atomic E-state index is -1.25. The van der Waals surface area contributed by atoms with Gasteiger partial charge in [-0.3, -0.25) is 9.89 Å². The molecule has 2 unspecified atom stereocenters. The number of rotatable bonds is 4. The molecule has 0 aliphatic rings. The van der Waals surface area contributed by atoms with Crippen molar-refractivity contribution in [2.45, 2.75) is 19.1 Å². The van der Waals surface area contributed by atoms with Crippen LogP contribution in [0.25, 0.3) is 11.0 Å². The van der Waals surface area contributed by atoms with Crippen LogP contribution < -0.4 is 0 Å². The Morgan fingerprint density at radius 3 is 2.95 bits per heavy atom. The van der Waals surface area contributed by atoms with Gasteiger partial charge in [0.25, 0.3) is 0 Å². The largest absolute Gasteiger partial charge is 0.389 e. The molecular formula is C10H11ClN4O3S. The van der Waals surface area contributed by atoms with Gasteiger partial charge in [-0.25, -0.2) is 9.97 Å². The zero-order chi connectivity index (χ0) is 14.0. The number of hydrogen-bond acceptors (Lipinski definition) is 7. The van der Waals surface area contributed by atoms with Crippen molar-refractivity contribution >= 4 is 39.5 Å². The third kappa shape index (κ3) is 3.03. The van der Waals surface area contributed by atoms with E-state index in [1.807, 2.05) is 0 Å². The maximum absolute atomic E-state index is 10.8. The highest BCUT2D eigenvalue weighted by molar-refractivity contribution is 8.13. The first-order valence-electron chi connectivity index (χ1n) is 5.34. The Kier molecular flexibility index (Phi) is 4.35. The summed E-state index contributed by atoms with van der Waals surface area (Å²) in [6.45, 7) is 1.39. The summed E-state index contributed by atoms with van der Waals surface area (Å²) in [4.78, 5) is 18.5. The Morgan fingerprint density at radius 1 is 1.53 bits per heavy atom. The second kappa shape index (κ2) is 5.83. The molecule has 2 heterocycles. The molecule has 0 saturated carbocycles. The Bertz CT molecular complexity index is 605. The van der Waals surface area contributed by atoms with Crippen molar-refractivity contribution in [3.8, 4) is 0 Å². The normalized spacial score (nSPS) is 14.5. The number of aromatic nitrogens is 4. The molecule has 0 spiro atoms. The average Bonchev–Trinajstić information content (AvgIpc) is 2.80. The van der Waals surface area contributed by atoms with E-state index in [0.717, 1.165) is 11.8 Å². The lowest BCUT2D eigenvalue weighted by Crippen LogP contribution is -2.22. The lowest BCUT2D eigenvalue weighted by atomic mass is 10.1. The SMILES string of the molecule is CC(=O)SCC(O)C(O)c1[nH]nc2ncnc(Cl)c12. The van der Waals surface area contributed by atoms with Crippen molar-refractivity contribution in [2.24, 2.45) is 0 Å². The van der Waals surface area contributed by atoms with Crippen molar-refractivity contribution in [2.75, 3.05) is 5.75 Å². The highest BCUT2D eigenvalue weighted by atomic mass is 35.5. The van der Waals surface area contributed by atoms with Crippen molar-refractivity contribution in [1.29, 1.82) is 0 Å². The quantitative estimate of drug-likeness (QED) is 0.712. The Balaban J connectivity index is 2.26. The standard InChI is InChI=1S/C10H11ClN4O3S/c1-4(16)19-2-5(17)8(18)7-6-9(11)12-3-13-10(6)15-14-7/h3,5,8,17-18H,2H2,1H3,(H,12,13,14,15). The van der Waals surface area contributed by atoms with Crippen molar-refractivity contribution in [1.82, 2.24) is 20.2 Å². The Hall–Kier alpha value is -1.22. The maximum atomic E-state index is 10.8. The summed E-state index contributed by atoms with van der Waals surface area (Å²) < 4.78 is 0. The predicted octanol–water partition coefficient (Wildman–Crippen LogP) is 0.680. The number of halogens is 1. The van der Waals surface area contributed by atoms with Crippen molar-refractivity contribution in [3.63, 3.8) is 0 Å². The zero-order valence-electron chi connectivity index (χ0n) is 9.87. The number of aliphatic hydroxyl groups excluding tert-OH is 2. The average molecular weight is 303 g/mol. The maximum Gasteiger partial charge on any atom is 0.185 e. The summed E-state index contributed by atoms with van der Waals surface area (Å²) in [7, 11) is 0. The van der Waals surface area contributed by atoms with E-state index in [1.54, 1.807) is 0 Å². The minimum absolute atomic E-state index is 0.0717. The molecule has 0 saturated heterocycles. The molecule has 2 rings (SSSR count). The van der Waals surface area contributed by atoms with E-state index in [0.29, 0.717) is 11.0 Å². The molecule has 0 bridgehead atoms. The van der Waals surface area contributed by atoms with Crippen molar-refractivity contribution < 1.29 is 15.0 Å². The van der Waals surface area contributed by atoms with E-state index in [1.165, 1.54) is 13.3 Å². The summed E-state index contributed by atoms with van der Waals surface area (Å²) in [5, 5.41) is 26.7. The lowest BCUT2D eigenvalue weighted by molar-refractivity contribution is -0.109. The van der Waals surface area contributed by atoms with E-state index < -0.39 is 12.2 Å². The number of hydrogen-bond donors (Lipinski definition) is 3. The summed E-state index contributed by atoms with van der Waals surface area (Å²) in [5.74, 6) is 0.0717. The van der Waals surface area contributed by atoms with E-state index >= 15 is 0 Å². The van der Waals surface area contributed by atoms with Crippen LogP contribution in [-0.4, -0.2) is 47.4 Å². The van der Waals surface area contributed by atoms with Gasteiger partial charge in [0.15, 0.2) is 10.8 Å². The smallest absolute Gasteiger partial charge is 0.185 e. The first-order valence-corrected chi connectivity index (χ1v) is 6.71. The molecule has 102 valence electrons. The second-order valence-electron chi connectivity index (χ2n) is 3.82. The van der Waals surface area contributed by atoms with Crippen LogP contribution in [0.5, 0.6) is 0 Å². The molecule has 7 nitrogen and oxygen atoms in total. The fourth-order valence-electron chi connectivity index (χ4n) is 1.54. The Morgan fingerprint density at radius 2 is 2.26 bits per heavy atom.